The largest absolute Gasteiger partial charge is 0.310 e. The summed E-state index contributed by atoms with van der Waals surface area (Å²) >= 11 is 0. The Morgan fingerprint density at radius 1 is 0.276 bits per heavy atom. The van der Waals surface area contributed by atoms with Crippen LogP contribution in [0.3, 0.4) is 0 Å². The van der Waals surface area contributed by atoms with Gasteiger partial charge in [-0.1, -0.05) is 170 Å². The zero-order valence-electron chi connectivity index (χ0n) is 31.8. The van der Waals surface area contributed by atoms with Crippen molar-refractivity contribution in [3.05, 3.63) is 231 Å². The number of fused-ring (bicyclic) bond motifs is 5. The van der Waals surface area contributed by atoms with E-state index in [1.807, 2.05) is 0 Å². The molecular weight excluding hydrogens is 701 g/mol. The number of para-hydroxylation sites is 2. The average molecular weight is 739 g/mol. The molecular formula is C56H38N2. The van der Waals surface area contributed by atoms with Gasteiger partial charge >= 0.3 is 0 Å². The predicted octanol–water partition coefficient (Wildman–Crippen LogP) is 15.6. The van der Waals surface area contributed by atoms with Gasteiger partial charge in [-0.05, 0) is 110 Å². The molecule has 11 aromatic rings. The van der Waals surface area contributed by atoms with Crippen LogP contribution >= 0.6 is 0 Å². The minimum atomic E-state index is 1.09. The molecule has 2 nitrogen and oxygen atoms in total. The Hall–Kier alpha value is -7.68. The second kappa shape index (κ2) is 14.1. The molecule has 0 aliphatic carbocycles. The first kappa shape index (κ1) is 33.6. The van der Waals surface area contributed by atoms with Gasteiger partial charge < -0.3 is 9.47 Å². The Kier molecular flexibility index (Phi) is 8.19. The third-order valence-electron chi connectivity index (χ3n) is 11.5. The number of hydrogen-bond acceptors (Lipinski definition) is 1. The summed E-state index contributed by atoms with van der Waals surface area (Å²) in [5.74, 6) is 0. The first-order chi connectivity index (χ1) is 28.8. The molecule has 10 aromatic carbocycles. The summed E-state index contributed by atoms with van der Waals surface area (Å²) in [6.07, 6.45) is 0. The summed E-state index contributed by atoms with van der Waals surface area (Å²) < 4.78 is 2.46. The van der Waals surface area contributed by atoms with Gasteiger partial charge in [-0.2, -0.15) is 0 Å². The topological polar surface area (TPSA) is 8.17 Å². The molecule has 0 atom stereocenters. The molecule has 0 unspecified atom stereocenters. The normalized spacial score (nSPS) is 11.4. The summed E-state index contributed by atoms with van der Waals surface area (Å²) in [7, 11) is 0. The van der Waals surface area contributed by atoms with Crippen LogP contribution in [0.4, 0.5) is 17.1 Å². The van der Waals surface area contributed by atoms with Crippen LogP contribution in [0.1, 0.15) is 0 Å². The van der Waals surface area contributed by atoms with E-state index < -0.39 is 0 Å². The molecule has 1 aromatic heterocycles. The van der Waals surface area contributed by atoms with Gasteiger partial charge in [-0.3, -0.25) is 0 Å². The van der Waals surface area contributed by atoms with E-state index in [9.17, 15) is 0 Å². The van der Waals surface area contributed by atoms with Crippen molar-refractivity contribution in [2.75, 3.05) is 4.90 Å². The maximum atomic E-state index is 2.46. The van der Waals surface area contributed by atoms with Crippen molar-refractivity contribution in [3.63, 3.8) is 0 Å². The smallest absolute Gasteiger partial charge is 0.0547 e. The van der Waals surface area contributed by atoms with E-state index >= 15 is 0 Å². The fourth-order valence-corrected chi connectivity index (χ4v) is 8.79. The highest BCUT2D eigenvalue weighted by Gasteiger charge is 2.21. The quantitative estimate of drug-likeness (QED) is 0.158. The first-order valence-electron chi connectivity index (χ1n) is 19.9. The van der Waals surface area contributed by atoms with Crippen LogP contribution in [-0.2, 0) is 0 Å². The van der Waals surface area contributed by atoms with Crippen LogP contribution < -0.4 is 4.90 Å². The van der Waals surface area contributed by atoms with Crippen molar-refractivity contribution in [2.45, 2.75) is 0 Å². The van der Waals surface area contributed by atoms with Crippen LogP contribution in [0.15, 0.2) is 231 Å². The predicted molar refractivity (Wildman–Crippen MR) is 247 cm³/mol. The van der Waals surface area contributed by atoms with Crippen LogP contribution in [0, 0.1) is 0 Å². The highest BCUT2D eigenvalue weighted by atomic mass is 15.1. The van der Waals surface area contributed by atoms with E-state index in [2.05, 4.69) is 240 Å². The van der Waals surface area contributed by atoms with E-state index in [0.29, 0.717) is 0 Å². The Morgan fingerprint density at radius 3 is 1.67 bits per heavy atom. The van der Waals surface area contributed by atoms with Gasteiger partial charge in [-0.15, -0.1) is 0 Å². The molecule has 0 N–H and O–H groups in total. The third-order valence-corrected chi connectivity index (χ3v) is 11.5. The van der Waals surface area contributed by atoms with E-state index in [1.165, 1.54) is 76.7 Å². The van der Waals surface area contributed by atoms with E-state index in [-0.39, 0.29) is 0 Å². The molecule has 0 spiro atoms. The number of benzene rings is 10. The maximum absolute atomic E-state index is 2.46. The molecule has 0 aliphatic rings. The van der Waals surface area contributed by atoms with Crippen LogP contribution in [0.2, 0.25) is 0 Å². The molecule has 58 heavy (non-hydrogen) atoms. The monoisotopic (exact) mass is 738 g/mol. The van der Waals surface area contributed by atoms with Crippen molar-refractivity contribution in [1.82, 2.24) is 4.57 Å². The molecule has 0 amide bonds. The molecule has 0 radical (unpaired) electrons. The Balaban J connectivity index is 1.15. The number of hydrogen-bond donors (Lipinski definition) is 0. The second-order valence-corrected chi connectivity index (χ2v) is 15.0. The SMILES string of the molecule is c1ccc(-c2cccc(N(c3ccc(-c4ccccc4-n4c5ccccc5c5cc6ccccc6cc54)c(-c4ccccc4)c3)c3ccc4ccccc4c3)c2)cc1. The Labute approximate surface area is 338 Å². The van der Waals surface area contributed by atoms with Gasteiger partial charge in [0.2, 0.25) is 0 Å². The average Bonchev–Trinajstić information content (AvgIpc) is 3.61. The Bertz CT molecular complexity index is 3290. The number of rotatable bonds is 7. The fraction of sp³-hybridized carbons (Fsp3) is 0. The standard InChI is InChI=1S/C56H38N2/c1-3-16-39(17-4-1)43-24-15-25-46(34-43)57(47-31-30-40-18-7-8-21-42(40)35-47)48-32-33-49(52(38-48)41-19-5-2-6-20-41)50-26-11-13-28-54(50)58-55-29-14-12-27-51(55)53-36-44-22-9-10-23-45(44)37-56(53)58/h1-38H. The number of aromatic nitrogens is 1. The molecule has 0 fully saturated rings. The van der Waals surface area contributed by atoms with Gasteiger partial charge in [0.1, 0.15) is 0 Å². The molecule has 0 saturated heterocycles. The third kappa shape index (κ3) is 5.82. The van der Waals surface area contributed by atoms with Gasteiger partial charge in [-0.25, -0.2) is 0 Å². The van der Waals surface area contributed by atoms with Crippen LogP contribution in [-0.4, -0.2) is 4.57 Å². The summed E-state index contributed by atoms with van der Waals surface area (Å²) in [5.41, 5.74) is 13.9. The van der Waals surface area contributed by atoms with Crippen molar-refractivity contribution < 1.29 is 0 Å². The minimum absolute atomic E-state index is 1.09. The highest BCUT2D eigenvalue weighted by Crippen LogP contribution is 2.45. The number of anilines is 3. The fourth-order valence-electron chi connectivity index (χ4n) is 8.79. The van der Waals surface area contributed by atoms with E-state index in [4.69, 9.17) is 0 Å². The van der Waals surface area contributed by atoms with Gasteiger partial charge in [0.15, 0.2) is 0 Å². The zero-order valence-corrected chi connectivity index (χ0v) is 31.8. The summed E-state index contributed by atoms with van der Waals surface area (Å²) in [6, 6.07) is 83.8. The second-order valence-electron chi connectivity index (χ2n) is 15.0. The molecule has 272 valence electrons. The van der Waals surface area contributed by atoms with Gasteiger partial charge in [0, 0.05) is 33.4 Å². The first-order valence-corrected chi connectivity index (χ1v) is 19.9. The van der Waals surface area contributed by atoms with Crippen LogP contribution in [0.5, 0.6) is 0 Å². The summed E-state index contributed by atoms with van der Waals surface area (Å²) in [4.78, 5) is 2.40. The van der Waals surface area contributed by atoms with Gasteiger partial charge in [0.05, 0.1) is 16.7 Å². The van der Waals surface area contributed by atoms with E-state index in [1.54, 1.807) is 0 Å². The maximum Gasteiger partial charge on any atom is 0.0547 e. The molecule has 2 heteroatoms. The summed E-state index contributed by atoms with van der Waals surface area (Å²) in [5, 5.41) is 7.41. The summed E-state index contributed by atoms with van der Waals surface area (Å²) in [6.45, 7) is 0. The van der Waals surface area contributed by atoms with Gasteiger partial charge in [0.25, 0.3) is 0 Å². The Morgan fingerprint density at radius 2 is 0.862 bits per heavy atom. The molecule has 0 aliphatic heterocycles. The van der Waals surface area contributed by atoms with Crippen molar-refractivity contribution in [2.24, 2.45) is 0 Å². The van der Waals surface area contributed by atoms with Crippen molar-refractivity contribution >= 4 is 60.4 Å². The lowest BCUT2D eigenvalue weighted by molar-refractivity contribution is 1.18. The lowest BCUT2D eigenvalue weighted by Gasteiger charge is -2.28. The molecule has 0 saturated carbocycles. The number of nitrogens with zero attached hydrogens (tertiary/aromatic N) is 2. The van der Waals surface area contributed by atoms with Crippen molar-refractivity contribution in [3.8, 4) is 39.1 Å². The molecule has 11 rings (SSSR count). The lowest BCUT2D eigenvalue weighted by atomic mass is 9.92. The molecule has 1 heterocycles. The highest BCUT2D eigenvalue weighted by molar-refractivity contribution is 6.14. The minimum Gasteiger partial charge on any atom is -0.310 e. The van der Waals surface area contributed by atoms with Crippen LogP contribution in [0.25, 0.3) is 82.4 Å². The molecule has 0 bridgehead atoms. The van der Waals surface area contributed by atoms with Crippen molar-refractivity contribution in [1.29, 1.82) is 0 Å². The zero-order chi connectivity index (χ0) is 38.4. The lowest BCUT2D eigenvalue weighted by Crippen LogP contribution is -2.10. The van der Waals surface area contributed by atoms with E-state index in [0.717, 1.165) is 22.7 Å².